The molecule has 2 rings (SSSR count). The maximum Gasteiger partial charge on any atom is 0.254 e. The minimum atomic E-state index is -3.03. The second-order valence-electron chi connectivity index (χ2n) is 4.08. The van der Waals surface area contributed by atoms with Gasteiger partial charge in [-0.05, 0) is 12.1 Å². The summed E-state index contributed by atoms with van der Waals surface area (Å²) in [4.78, 5) is 0. The molecule has 0 fully saturated rings. The van der Waals surface area contributed by atoms with Crippen LogP contribution in [0.5, 0.6) is 0 Å². The number of fused-ring (bicyclic) bond motifs is 1. The van der Waals surface area contributed by atoms with Crippen LogP contribution >= 0.6 is 0 Å². The Morgan fingerprint density at radius 2 is 1.88 bits per heavy atom. The molecule has 1 aromatic carbocycles. The Hall–Kier alpha value is -0.630. The largest absolute Gasteiger partial charge is 1.00 e. The summed E-state index contributed by atoms with van der Waals surface area (Å²) < 4.78 is 26.6. The van der Waals surface area contributed by atoms with Gasteiger partial charge in [0.05, 0.1) is 7.05 Å². The lowest BCUT2D eigenvalue weighted by atomic mass is 10.3. The molecule has 0 N–H and O–H groups in total. The summed E-state index contributed by atoms with van der Waals surface area (Å²) >= 11 is 0. The number of hydrogen-bond acceptors (Lipinski definition) is 2. The van der Waals surface area contributed by atoms with Gasteiger partial charge in [0.15, 0.2) is 26.7 Å². The Bertz CT molecular complexity index is 647. The molecule has 2 aromatic rings. The summed E-state index contributed by atoms with van der Waals surface area (Å²) in [5.74, 6) is 0.965. The molecule has 0 aliphatic carbocycles. The van der Waals surface area contributed by atoms with Crippen LogP contribution in [0, 0.1) is 6.92 Å². The first-order valence-electron chi connectivity index (χ1n) is 5.02. The van der Waals surface area contributed by atoms with Crippen LogP contribution in [0.3, 0.4) is 0 Å². The van der Waals surface area contributed by atoms with Gasteiger partial charge >= 0.3 is 0 Å². The minimum Gasteiger partial charge on any atom is -1.00 e. The third-order valence-electron chi connectivity index (χ3n) is 2.77. The zero-order valence-corrected chi connectivity index (χ0v) is 13.0. The third kappa shape index (κ3) is 2.79. The first-order valence-corrected chi connectivity index (χ1v) is 7.08. The SMILES string of the molecule is Cc1n(CS(C)(=O)=O)c2ccccc2[n+]1C.[I-]. The molecule has 0 aliphatic heterocycles. The number of hydrogen-bond donors (Lipinski definition) is 0. The highest BCUT2D eigenvalue weighted by molar-refractivity contribution is 7.89. The van der Waals surface area contributed by atoms with Crippen LogP contribution < -0.4 is 28.5 Å². The molecule has 1 heterocycles. The summed E-state index contributed by atoms with van der Waals surface area (Å²) in [5.41, 5.74) is 2.00. The van der Waals surface area contributed by atoms with Gasteiger partial charge in [-0.3, -0.25) is 0 Å². The van der Waals surface area contributed by atoms with E-state index in [-0.39, 0.29) is 29.9 Å². The van der Waals surface area contributed by atoms with E-state index < -0.39 is 9.84 Å². The third-order valence-corrected chi connectivity index (χ3v) is 3.50. The van der Waals surface area contributed by atoms with Crippen molar-refractivity contribution in [3.8, 4) is 0 Å². The molecule has 0 saturated carbocycles. The van der Waals surface area contributed by atoms with Crippen LogP contribution in [0.2, 0.25) is 0 Å². The molecule has 1 aromatic heterocycles. The highest BCUT2D eigenvalue weighted by Gasteiger charge is 2.21. The minimum absolute atomic E-state index is 0. The quantitative estimate of drug-likeness (QED) is 0.447. The van der Waals surface area contributed by atoms with Crippen molar-refractivity contribution < 1.29 is 37.0 Å². The van der Waals surface area contributed by atoms with Crippen LogP contribution in [-0.2, 0) is 22.8 Å². The number of benzene rings is 1. The lowest BCUT2D eigenvalue weighted by Crippen LogP contribution is -3.00. The summed E-state index contributed by atoms with van der Waals surface area (Å²) in [5, 5.41) is 0. The summed E-state index contributed by atoms with van der Waals surface area (Å²) in [6, 6.07) is 7.79. The monoisotopic (exact) mass is 366 g/mol. The van der Waals surface area contributed by atoms with Crippen molar-refractivity contribution in [2.75, 3.05) is 6.26 Å². The van der Waals surface area contributed by atoms with Crippen LogP contribution in [0.1, 0.15) is 5.82 Å². The molecule has 17 heavy (non-hydrogen) atoms. The highest BCUT2D eigenvalue weighted by Crippen LogP contribution is 2.14. The van der Waals surface area contributed by atoms with E-state index >= 15 is 0 Å². The topological polar surface area (TPSA) is 43.0 Å². The zero-order valence-electron chi connectivity index (χ0n) is 10.0. The Labute approximate surface area is 118 Å². The van der Waals surface area contributed by atoms with E-state index in [0.717, 1.165) is 16.9 Å². The van der Waals surface area contributed by atoms with Gasteiger partial charge in [-0.15, -0.1) is 0 Å². The van der Waals surface area contributed by atoms with Gasteiger partial charge in [0.2, 0.25) is 0 Å². The molecule has 0 bridgehead atoms. The second kappa shape index (κ2) is 4.93. The van der Waals surface area contributed by atoms with Gasteiger partial charge in [0, 0.05) is 13.2 Å². The fraction of sp³-hybridized carbons (Fsp3) is 0.364. The Morgan fingerprint density at radius 3 is 2.47 bits per heavy atom. The Kier molecular flexibility index (Phi) is 4.19. The normalized spacial score (nSPS) is 11.5. The molecule has 0 radical (unpaired) electrons. The van der Waals surface area contributed by atoms with E-state index in [1.165, 1.54) is 6.26 Å². The van der Waals surface area contributed by atoms with Gasteiger partial charge in [-0.1, -0.05) is 12.1 Å². The van der Waals surface area contributed by atoms with E-state index in [0.29, 0.717) is 0 Å². The van der Waals surface area contributed by atoms with Crippen molar-refractivity contribution in [2.45, 2.75) is 12.8 Å². The predicted octanol–water partition coefficient (Wildman–Crippen LogP) is -2.22. The summed E-state index contributed by atoms with van der Waals surface area (Å²) in [6.07, 6.45) is 1.25. The molecular formula is C11H15IN2O2S. The van der Waals surface area contributed by atoms with E-state index in [4.69, 9.17) is 0 Å². The fourth-order valence-electron chi connectivity index (χ4n) is 1.90. The number of nitrogens with zero attached hydrogens (tertiary/aromatic N) is 2. The average Bonchev–Trinajstić information content (AvgIpc) is 2.43. The zero-order chi connectivity index (χ0) is 11.9. The predicted molar refractivity (Wildman–Crippen MR) is 62.7 cm³/mol. The van der Waals surface area contributed by atoms with Crippen molar-refractivity contribution in [3.05, 3.63) is 30.1 Å². The van der Waals surface area contributed by atoms with E-state index in [9.17, 15) is 8.42 Å². The van der Waals surface area contributed by atoms with E-state index in [1.54, 1.807) is 0 Å². The first-order chi connectivity index (χ1) is 7.40. The van der Waals surface area contributed by atoms with Crippen molar-refractivity contribution in [1.29, 1.82) is 0 Å². The molecule has 94 valence electrons. The van der Waals surface area contributed by atoms with Crippen molar-refractivity contribution in [1.82, 2.24) is 4.57 Å². The first kappa shape index (κ1) is 14.4. The maximum atomic E-state index is 11.4. The fourth-order valence-corrected chi connectivity index (χ4v) is 2.70. The number of imidazole rings is 1. The molecule has 4 nitrogen and oxygen atoms in total. The van der Waals surface area contributed by atoms with Crippen LogP contribution in [0.15, 0.2) is 24.3 Å². The molecular weight excluding hydrogens is 351 g/mol. The van der Waals surface area contributed by atoms with E-state index in [2.05, 4.69) is 0 Å². The molecule has 0 saturated heterocycles. The standard InChI is InChI=1S/C11H15N2O2S.HI/c1-9-12(2)10-6-4-5-7-11(10)13(9)8-16(3,14)15;/h4-7H,8H2,1-3H3;1H/q+1;/p-1. The van der Waals surface area contributed by atoms with Crippen molar-refractivity contribution in [2.24, 2.45) is 7.05 Å². The lowest BCUT2D eigenvalue weighted by Gasteiger charge is -1.97. The van der Waals surface area contributed by atoms with Crippen molar-refractivity contribution >= 4 is 20.9 Å². The molecule has 6 heteroatoms. The molecule has 0 aliphatic rings. The summed E-state index contributed by atoms with van der Waals surface area (Å²) in [7, 11) is -1.09. The van der Waals surface area contributed by atoms with Gasteiger partial charge in [0.1, 0.15) is 0 Å². The van der Waals surface area contributed by atoms with Crippen LogP contribution in [0.4, 0.5) is 0 Å². The van der Waals surface area contributed by atoms with Crippen LogP contribution in [0.25, 0.3) is 11.0 Å². The second-order valence-corrected chi connectivity index (χ2v) is 6.19. The van der Waals surface area contributed by atoms with Crippen LogP contribution in [-0.4, -0.2) is 19.2 Å². The number of rotatable bonds is 2. The maximum absolute atomic E-state index is 11.4. The van der Waals surface area contributed by atoms with Gasteiger partial charge in [-0.2, -0.15) is 0 Å². The number of aryl methyl sites for hydroxylation is 1. The number of halogens is 1. The van der Waals surface area contributed by atoms with Crippen molar-refractivity contribution in [3.63, 3.8) is 0 Å². The molecule has 0 amide bonds. The lowest BCUT2D eigenvalue weighted by molar-refractivity contribution is -0.652. The van der Waals surface area contributed by atoms with E-state index in [1.807, 2.05) is 47.4 Å². The number of aromatic nitrogens is 2. The number of sulfone groups is 1. The average molecular weight is 366 g/mol. The number of para-hydroxylation sites is 2. The molecule has 0 spiro atoms. The van der Waals surface area contributed by atoms with Gasteiger partial charge in [-0.25, -0.2) is 17.6 Å². The Balaban J connectivity index is 0.00000144. The molecule has 0 unspecified atom stereocenters. The molecule has 0 atom stereocenters. The van der Waals surface area contributed by atoms with Gasteiger partial charge < -0.3 is 24.0 Å². The smallest absolute Gasteiger partial charge is 0.254 e. The Morgan fingerprint density at radius 1 is 1.29 bits per heavy atom. The highest BCUT2D eigenvalue weighted by atomic mass is 127. The summed E-state index contributed by atoms with van der Waals surface area (Å²) in [6.45, 7) is 1.92. The van der Waals surface area contributed by atoms with Gasteiger partial charge in [0.25, 0.3) is 5.82 Å².